The number of hydrogen-bond acceptors (Lipinski definition) is 3. The van der Waals surface area contributed by atoms with Crippen LogP contribution in [-0.4, -0.2) is 17.9 Å². The molecule has 0 saturated heterocycles. The summed E-state index contributed by atoms with van der Waals surface area (Å²) >= 11 is 0. The van der Waals surface area contributed by atoms with Crippen molar-refractivity contribution in [3.63, 3.8) is 0 Å². The van der Waals surface area contributed by atoms with E-state index in [-0.39, 0.29) is 30.3 Å². The molecule has 3 unspecified atom stereocenters. The standard InChI is InChI=1S/C15H21N3O2.ClH/c1-15(14(17)20,11-5-3-2-4-6-11)18-13(19)10-7-8-12(16)9-10;/h2-6,10,12H,7-9,16H2,1H3,(H2,17,20)(H,18,19);1H. The van der Waals surface area contributed by atoms with E-state index in [9.17, 15) is 9.59 Å². The summed E-state index contributed by atoms with van der Waals surface area (Å²) in [7, 11) is 0. The quantitative estimate of drug-likeness (QED) is 0.775. The summed E-state index contributed by atoms with van der Waals surface area (Å²) in [6, 6.07) is 9.12. The molecule has 0 bridgehead atoms. The molecule has 0 aromatic heterocycles. The van der Waals surface area contributed by atoms with Gasteiger partial charge in [-0.05, 0) is 31.7 Å². The van der Waals surface area contributed by atoms with Gasteiger partial charge in [0, 0.05) is 12.0 Å². The van der Waals surface area contributed by atoms with Crippen LogP contribution in [0.25, 0.3) is 0 Å². The fraction of sp³-hybridized carbons (Fsp3) is 0.467. The van der Waals surface area contributed by atoms with Crippen LogP contribution in [0, 0.1) is 5.92 Å². The van der Waals surface area contributed by atoms with Gasteiger partial charge in [0.15, 0.2) is 0 Å². The maximum absolute atomic E-state index is 12.3. The SMILES string of the molecule is CC(NC(=O)C1CCC(N)C1)(C(N)=O)c1ccccc1.Cl. The van der Waals surface area contributed by atoms with E-state index in [1.807, 2.05) is 18.2 Å². The van der Waals surface area contributed by atoms with E-state index in [0.29, 0.717) is 12.0 Å². The lowest BCUT2D eigenvalue weighted by molar-refractivity contribution is -0.133. The Morgan fingerprint density at radius 3 is 2.33 bits per heavy atom. The summed E-state index contributed by atoms with van der Waals surface area (Å²) < 4.78 is 0. The van der Waals surface area contributed by atoms with Gasteiger partial charge in [-0.1, -0.05) is 30.3 Å². The molecular weight excluding hydrogens is 290 g/mol. The van der Waals surface area contributed by atoms with Crippen LogP contribution in [-0.2, 0) is 15.1 Å². The van der Waals surface area contributed by atoms with E-state index in [4.69, 9.17) is 11.5 Å². The Kier molecular flexibility index (Phi) is 5.75. The van der Waals surface area contributed by atoms with Crippen LogP contribution in [0.5, 0.6) is 0 Å². The van der Waals surface area contributed by atoms with Gasteiger partial charge in [-0.15, -0.1) is 12.4 Å². The third-order valence-electron chi connectivity index (χ3n) is 4.06. The topological polar surface area (TPSA) is 98.2 Å². The Bertz CT molecular complexity index is 509. The van der Waals surface area contributed by atoms with Crippen LogP contribution in [0.1, 0.15) is 31.7 Å². The maximum Gasteiger partial charge on any atom is 0.247 e. The average Bonchev–Trinajstić information content (AvgIpc) is 2.86. The summed E-state index contributed by atoms with van der Waals surface area (Å²) in [4.78, 5) is 24.1. The number of carbonyl (C=O) groups excluding carboxylic acids is 2. The zero-order valence-electron chi connectivity index (χ0n) is 12.0. The summed E-state index contributed by atoms with van der Waals surface area (Å²) in [5.74, 6) is -0.852. The van der Waals surface area contributed by atoms with Gasteiger partial charge in [-0.25, -0.2) is 0 Å². The van der Waals surface area contributed by atoms with Crippen molar-refractivity contribution in [3.8, 4) is 0 Å². The second-order valence-corrected chi connectivity index (χ2v) is 5.61. The number of hydrogen-bond donors (Lipinski definition) is 3. The van der Waals surface area contributed by atoms with Gasteiger partial charge in [-0.2, -0.15) is 0 Å². The Balaban J connectivity index is 0.00000220. The van der Waals surface area contributed by atoms with Crippen molar-refractivity contribution in [1.29, 1.82) is 0 Å². The third-order valence-corrected chi connectivity index (χ3v) is 4.06. The molecular formula is C15H22ClN3O2. The van der Waals surface area contributed by atoms with E-state index < -0.39 is 11.4 Å². The first-order valence-electron chi connectivity index (χ1n) is 6.86. The minimum Gasteiger partial charge on any atom is -0.367 e. The first-order chi connectivity index (χ1) is 9.43. The fourth-order valence-electron chi connectivity index (χ4n) is 2.65. The van der Waals surface area contributed by atoms with E-state index >= 15 is 0 Å². The molecule has 1 aliphatic rings. The molecule has 1 fully saturated rings. The first-order valence-corrected chi connectivity index (χ1v) is 6.86. The van der Waals surface area contributed by atoms with Crippen molar-refractivity contribution in [2.75, 3.05) is 0 Å². The van der Waals surface area contributed by atoms with Crippen LogP contribution in [0.4, 0.5) is 0 Å². The van der Waals surface area contributed by atoms with Crippen LogP contribution in [0.3, 0.4) is 0 Å². The van der Waals surface area contributed by atoms with Gasteiger partial charge in [0.25, 0.3) is 0 Å². The second-order valence-electron chi connectivity index (χ2n) is 5.61. The Hall–Kier alpha value is -1.59. The number of nitrogens with one attached hydrogen (secondary N) is 1. The zero-order valence-corrected chi connectivity index (χ0v) is 12.9. The van der Waals surface area contributed by atoms with Crippen LogP contribution < -0.4 is 16.8 Å². The van der Waals surface area contributed by atoms with E-state index in [2.05, 4.69) is 5.32 Å². The van der Waals surface area contributed by atoms with Crippen LogP contribution >= 0.6 is 12.4 Å². The molecule has 6 heteroatoms. The molecule has 5 N–H and O–H groups in total. The maximum atomic E-state index is 12.3. The Morgan fingerprint density at radius 2 is 1.86 bits per heavy atom. The van der Waals surface area contributed by atoms with E-state index in [1.165, 1.54) is 0 Å². The van der Waals surface area contributed by atoms with Gasteiger partial charge >= 0.3 is 0 Å². The van der Waals surface area contributed by atoms with Crippen LogP contribution in [0.2, 0.25) is 0 Å². The van der Waals surface area contributed by atoms with Gasteiger partial charge < -0.3 is 16.8 Å². The molecule has 5 nitrogen and oxygen atoms in total. The average molecular weight is 312 g/mol. The molecule has 2 amide bonds. The number of carbonyl (C=O) groups is 2. The third kappa shape index (κ3) is 3.74. The van der Waals surface area contributed by atoms with Crippen molar-refractivity contribution in [2.45, 2.75) is 37.8 Å². The summed E-state index contributed by atoms with van der Waals surface area (Å²) in [6.45, 7) is 1.64. The van der Waals surface area contributed by atoms with Gasteiger partial charge in [0.2, 0.25) is 11.8 Å². The lowest BCUT2D eigenvalue weighted by Crippen LogP contribution is -2.54. The molecule has 21 heavy (non-hydrogen) atoms. The van der Waals surface area contributed by atoms with Crippen molar-refractivity contribution in [1.82, 2.24) is 5.32 Å². The molecule has 0 aliphatic heterocycles. The molecule has 0 radical (unpaired) electrons. The van der Waals surface area contributed by atoms with Crippen molar-refractivity contribution in [3.05, 3.63) is 35.9 Å². The van der Waals surface area contributed by atoms with E-state index in [0.717, 1.165) is 12.8 Å². The van der Waals surface area contributed by atoms with Gasteiger partial charge in [0.1, 0.15) is 5.54 Å². The van der Waals surface area contributed by atoms with Crippen LogP contribution in [0.15, 0.2) is 30.3 Å². The molecule has 1 aromatic carbocycles. The summed E-state index contributed by atoms with van der Waals surface area (Å²) in [6.07, 6.45) is 2.27. The van der Waals surface area contributed by atoms with Crippen molar-refractivity contribution < 1.29 is 9.59 Å². The van der Waals surface area contributed by atoms with Gasteiger partial charge in [0.05, 0.1) is 0 Å². The predicted octanol–water partition coefficient (Wildman–Crippen LogP) is 1.05. The molecule has 2 rings (SSSR count). The number of primary amides is 1. The highest BCUT2D eigenvalue weighted by molar-refractivity contribution is 5.91. The van der Waals surface area contributed by atoms with Crippen molar-refractivity contribution >= 4 is 24.2 Å². The number of amides is 2. The minimum atomic E-state index is -1.19. The second kappa shape index (κ2) is 6.91. The highest BCUT2D eigenvalue weighted by Gasteiger charge is 2.38. The lowest BCUT2D eigenvalue weighted by Gasteiger charge is -2.29. The van der Waals surface area contributed by atoms with E-state index in [1.54, 1.807) is 19.1 Å². The van der Waals surface area contributed by atoms with Crippen molar-refractivity contribution in [2.24, 2.45) is 17.4 Å². The first kappa shape index (κ1) is 17.5. The molecule has 0 spiro atoms. The smallest absolute Gasteiger partial charge is 0.247 e. The Labute approximate surface area is 130 Å². The minimum absolute atomic E-state index is 0. The monoisotopic (exact) mass is 311 g/mol. The highest BCUT2D eigenvalue weighted by Crippen LogP contribution is 2.27. The lowest BCUT2D eigenvalue weighted by atomic mass is 9.90. The largest absolute Gasteiger partial charge is 0.367 e. The predicted molar refractivity (Wildman–Crippen MR) is 83.7 cm³/mol. The summed E-state index contributed by atoms with van der Waals surface area (Å²) in [5.41, 5.74) is 10.8. The molecule has 116 valence electrons. The number of nitrogens with two attached hydrogens (primary N) is 2. The number of rotatable bonds is 4. The normalized spacial score (nSPS) is 23.7. The van der Waals surface area contributed by atoms with Gasteiger partial charge in [-0.3, -0.25) is 9.59 Å². The summed E-state index contributed by atoms with van der Waals surface area (Å²) in [5, 5.41) is 2.80. The zero-order chi connectivity index (χ0) is 14.8. The number of halogens is 1. The Morgan fingerprint density at radius 1 is 1.24 bits per heavy atom. The molecule has 0 heterocycles. The number of benzene rings is 1. The molecule has 1 aromatic rings. The molecule has 3 atom stereocenters. The highest BCUT2D eigenvalue weighted by atomic mass is 35.5. The molecule has 1 aliphatic carbocycles. The fourth-order valence-corrected chi connectivity index (χ4v) is 2.65. The molecule has 1 saturated carbocycles.